The van der Waals surface area contributed by atoms with Gasteiger partial charge in [0.1, 0.15) is 6.54 Å². The molecule has 0 saturated heterocycles. The number of aromatic nitrogens is 2. The van der Waals surface area contributed by atoms with Gasteiger partial charge in [0.2, 0.25) is 5.89 Å². The van der Waals surface area contributed by atoms with Crippen molar-refractivity contribution in [2.75, 3.05) is 13.1 Å². The van der Waals surface area contributed by atoms with E-state index in [-0.39, 0.29) is 0 Å². The fraction of sp³-hybridized carbons (Fsp3) is 0.824. The second-order valence-electron chi connectivity index (χ2n) is 5.83. The Morgan fingerprint density at radius 3 is 2.30 bits per heavy atom. The SMILES string of the molecule is CCCCCCCCCCNC(=NCc1nc(C)no1)NCC. The van der Waals surface area contributed by atoms with Crippen LogP contribution in [-0.2, 0) is 6.54 Å². The van der Waals surface area contributed by atoms with Crippen LogP contribution in [0.5, 0.6) is 0 Å². The van der Waals surface area contributed by atoms with Crippen LogP contribution < -0.4 is 10.6 Å². The minimum Gasteiger partial charge on any atom is -0.357 e. The average molecular weight is 323 g/mol. The van der Waals surface area contributed by atoms with Crippen LogP contribution in [0.25, 0.3) is 0 Å². The Labute approximate surface area is 140 Å². The van der Waals surface area contributed by atoms with E-state index in [1.165, 1.54) is 51.4 Å². The molecule has 1 rings (SSSR count). The molecule has 0 fully saturated rings. The van der Waals surface area contributed by atoms with Crippen molar-refractivity contribution in [3.63, 3.8) is 0 Å². The van der Waals surface area contributed by atoms with Gasteiger partial charge in [0, 0.05) is 13.1 Å². The fourth-order valence-electron chi connectivity index (χ4n) is 2.36. The minimum absolute atomic E-state index is 0.410. The molecule has 0 amide bonds. The molecule has 0 saturated carbocycles. The molecule has 0 bridgehead atoms. The lowest BCUT2D eigenvalue weighted by Crippen LogP contribution is -2.37. The van der Waals surface area contributed by atoms with E-state index in [0.29, 0.717) is 18.3 Å². The highest BCUT2D eigenvalue weighted by atomic mass is 16.5. The van der Waals surface area contributed by atoms with Crippen LogP contribution in [0.4, 0.5) is 0 Å². The van der Waals surface area contributed by atoms with Crippen LogP contribution in [0.3, 0.4) is 0 Å². The van der Waals surface area contributed by atoms with Gasteiger partial charge < -0.3 is 15.2 Å². The summed E-state index contributed by atoms with van der Waals surface area (Å²) >= 11 is 0. The number of hydrogen-bond acceptors (Lipinski definition) is 4. The van der Waals surface area contributed by atoms with Crippen molar-refractivity contribution in [3.05, 3.63) is 11.7 Å². The van der Waals surface area contributed by atoms with Gasteiger partial charge in [-0.2, -0.15) is 4.98 Å². The van der Waals surface area contributed by atoms with Crippen molar-refractivity contribution < 1.29 is 4.52 Å². The molecule has 132 valence electrons. The number of guanidine groups is 1. The molecule has 0 aliphatic carbocycles. The van der Waals surface area contributed by atoms with Crippen LogP contribution in [0.1, 0.15) is 76.9 Å². The summed E-state index contributed by atoms with van der Waals surface area (Å²) in [6.07, 6.45) is 10.6. The lowest BCUT2D eigenvalue weighted by molar-refractivity contribution is 0.376. The first-order chi connectivity index (χ1) is 11.3. The topological polar surface area (TPSA) is 75.3 Å². The van der Waals surface area contributed by atoms with Crippen LogP contribution >= 0.6 is 0 Å². The van der Waals surface area contributed by atoms with Gasteiger partial charge in [-0.3, -0.25) is 0 Å². The second kappa shape index (κ2) is 12.9. The number of nitrogens with zero attached hydrogens (tertiary/aromatic N) is 3. The zero-order valence-electron chi connectivity index (χ0n) is 15.0. The molecule has 0 unspecified atom stereocenters. The van der Waals surface area contributed by atoms with Crippen LogP contribution in [0.15, 0.2) is 9.52 Å². The van der Waals surface area contributed by atoms with Gasteiger partial charge in [-0.15, -0.1) is 0 Å². The molecule has 1 aromatic heterocycles. The zero-order valence-corrected chi connectivity index (χ0v) is 15.0. The van der Waals surface area contributed by atoms with Gasteiger partial charge in [0.25, 0.3) is 0 Å². The summed E-state index contributed by atoms with van der Waals surface area (Å²) in [6, 6.07) is 0. The number of unbranched alkanes of at least 4 members (excludes halogenated alkanes) is 7. The van der Waals surface area contributed by atoms with Crippen LogP contribution in [0.2, 0.25) is 0 Å². The number of rotatable bonds is 12. The summed E-state index contributed by atoms with van der Waals surface area (Å²) in [6.45, 7) is 8.32. The van der Waals surface area contributed by atoms with Gasteiger partial charge in [-0.05, 0) is 20.3 Å². The zero-order chi connectivity index (χ0) is 16.8. The van der Waals surface area contributed by atoms with E-state index in [1.54, 1.807) is 0 Å². The predicted octanol–water partition coefficient (Wildman–Crippen LogP) is 3.57. The van der Waals surface area contributed by atoms with Crippen molar-refractivity contribution in [1.82, 2.24) is 20.8 Å². The van der Waals surface area contributed by atoms with Gasteiger partial charge >= 0.3 is 0 Å². The fourth-order valence-corrected chi connectivity index (χ4v) is 2.36. The summed E-state index contributed by atoms with van der Waals surface area (Å²) in [5.41, 5.74) is 0. The summed E-state index contributed by atoms with van der Waals surface area (Å²) in [4.78, 5) is 8.62. The quantitative estimate of drug-likeness (QED) is 0.349. The summed E-state index contributed by atoms with van der Waals surface area (Å²) in [5.74, 6) is 2.00. The maximum absolute atomic E-state index is 5.07. The van der Waals surface area contributed by atoms with Gasteiger partial charge in [-0.25, -0.2) is 4.99 Å². The van der Waals surface area contributed by atoms with Crippen molar-refractivity contribution in [2.24, 2.45) is 4.99 Å². The summed E-state index contributed by atoms with van der Waals surface area (Å²) in [7, 11) is 0. The third-order valence-electron chi connectivity index (χ3n) is 3.61. The lowest BCUT2D eigenvalue weighted by atomic mass is 10.1. The van der Waals surface area contributed by atoms with E-state index < -0.39 is 0 Å². The number of aryl methyl sites for hydroxylation is 1. The van der Waals surface area contributed by atoms with Crippen LogP contribution in [-0.4, -0.2) is 29.2 Å². The molecule has 2 N–H and O–H groups in total. The molecule has 0 aliphatic heterocycles. The highest BCUT2D eigenvalue weighted by molar-refractivity contribution is 5.79. The molecule has 0 aliphatic rings. The Bertz CT molecular complexity index is 430. The monoisotopic (exact) mass is 323 g/mol. The highest BCUT2D eigenvalue weighted by Crippen LogP contribution is 2.07. The second-order valence-corrected chi connectivity index (χ2v) is 5.83. The molecular formula is C17H33N5O. The predicted molar refractivity (Wildman–Crippen MR) is 94.5 cm³/mol. The highest BCUT2D eigenvalue weighted by Gasteiger charge is 2.02. The first-order valence-corrected chi connectivity index (χ1v) is 9.07. The molecule has 6 nitrogen and oxygen atoms in total. The van der Waals surface area contributed by atoms with Crippen molar-refractivity contribution in [2.45, 2.75) is 78.7 Å². The minimum atomic E-state index is 0.410. The largest absolute Gasteiger partial charge is 0.357 e. The standard InChI is InChI=1S/C17H33N5O/c1-4-6-7-8-9-10-11-12-13-19-17(18-5-2)20-14-16-21-15(3)22-23-16/h4-14H2,1-3H3,(H2,18,19,20). The lowest BCUT2D eigenvalue weighted by Gasteiger charge is -2.10. The molecule has 6 heteroatoms. The number of hydrogen-bond donors (Lipinski definition) is 2. The molecule has 23 heavy (non-hydrogen) atoms. The summed E-state index contributed by atoms with van der Waals surface area (Å²) in [5, 5.41) is 10.4. The molecule has 0 spiro atoms. The van der Waals surface area contributed by atoms with Gasteiger partial charge in [0.05, 0.1) is 0 Å². The van der Waals surface area contributed by atoms with Crippen molar-refractivity contribution >= 4 is 5.96 Å². The molecule has 1 heterocycles. The Balaban J connectivity index is 2.13. The Morgan fingerprint density at radius 2 is 1.70 bits per heavy atom. The van der Waals surface area contributed by atoms with Crippen LogP contribution in [0, 0.1) is 6.92 Å². The number of nitrogens with one attached hydrogen (secondary N) is 2. The third-order valence-corrected chi connectivity index (χ3v) is 3.61. The maximum atomic E-state index is 5.07. The van der Waals surface area contributed by atoms with E-state index in [9.17, 15) is 0 Å². The molecular weight excluding hydrogens is 290 g/mol. The number of aliphatic imine (C=N–C) groups is 1. The molecule has 0 radical (unpaired) electrons. The molecule has 0 atom stereocenters. The van der Waals surface area contributed by atoms with E-state index >= 15 is 0 Å². The van der Waals surface area contributed by atoms with E-state index in [0.717, 1.165) is 19.0 Å². The van der Waals surface area contributed by atoms with Crippen molar-refractivity contribution in [3.8, 4) is 0 Å². The Morgan fingerprint density at radius 1 is 1.00 bits per heavy atom. The average Bonchev–Trinajstić information content (AvgIpc) is 2.96. The molecule has 1 aromatic rings. The smallest absolute Gasteiger partial charge is 0.248 e. The first-order valence-electron chi connectivity index (χ1n) is 9.07. The first kappa shape index (κ1) is 19.5. The summed E-state index contributed by atoms with van der Waals surface area (Å²) < 4.78 is 5.07. The van der Waals surface area contributed by atoms with E-state index in [1.807, 2.05) is 6.92 Å². The Kier molecular flexibility index (Phi) is 10.9. The Hall–Kier alpha value is -1.59. The van der Waals surface area contributed by atoms with Gasteiger partial charge in [0.15, 0.2) is 11.8 Å². The van der Waals surface area contributed by atoms with Crippen molar-refractivity contribution in [1.29, 1.82) is 0 Å². The normalized spacial score (nSPS) is 11.7. The maximum Gasteiger partial charge on any atom is 0.248 e. The van der Waals surface area contributed by atoms with E-state index in [2.05, 4.69) is 39.6 Å². The van der Waals surface area contributed by atoms with E-state index in [4.69, 9.17) is 4.52 Å². The third kappa shape index (κ3) is 9.92. The molecule has 0 aromatic carbocycles. The van der Waals surface area contributed by atoms with Gasteiger partial charge in [-0.1, -0.05) is 57.0 Å².